The molecule has 0 aliphatic carbocycles. The predicted molar refractivity (Wildman–Crippen MR) is 66.9 cm³/mol. The van der Waals surface area contributed by atoms with Gasteiger partial charge in [-0.3, -0.25) is 4.79 Å². The van der Waals surface area contributed by atoms with Gasteiger partial charge in [0.25, 0.3) is 0 Å². The first-order chi connectivity index (χ1) is 8.23. The molecule has 0 aromatic heterocycles. The summed E-state index contributed by atoms with van der Waals surface area (Å²) in [6.45, 7) is 3.93. The lowest BCUT2D eigenvalue weighted by Crippen LogP contribution is -2.43. The maximum atomic E-state index is 11.0. The molecule has 0 atom stereocenters. The Labute approximate surface area is 102 Å². The van der Waals surface area contributed by atoms with E-state index < -0.39 is 0 Å². The highest BCUT2D eigenvalue weighted by Gasteiger charge is 2.34. The van der Waals surface area contributed by atoms with Gasteiger partial charge in [-0.15, -0.1) is 0 Å². The van der Waals surface area contributed by atoms with Crippen LogP contribution in [0.2, 0.25) is 0 Å². The van der Waals surface area contributed by atoms with Crippen LogP contribution in [-0.4, -0.2) is 25.7 Å². The quantitative estimate of drug-likeness (QED) is 0.810. The van der Waals surface area contributed by atoms with Crippen LogP contribution in [0.15, 0.2) is 30.3 Å². The largest absolute Gasteiger partial charge is 0.465 e. The Bertz CT molecular complexity index is 369. The lowest BCUT2D eigenvalue weighted by Gasteiger charge is -2.37. The predicted octanol–water partition coefficient (Wildman–Crippen LogP) is 1.87. The zero-order valence-corrected chi connectivity index (χ0v) is 10.2. The molecule has 1 N–H and O–H groups in total. The fraction of sp³-hybridized carbons (Fsp3) is 0.500. The summed E-state index contributed by atoms with van der Waals surface area (Å²) in [5.41, 5.74) is 1.28. The van der Waals surface area contributed by atoms with Crippen LogP contribution in [-0.2, 0) is 14.9 Å². The Hall–Kier alpha value is -1.35. The van der Waals surface area contributed by atoms with Crippen molar-refractivity contribution in [3.05, 3.63) is 35.9 Å². The standard InChI is InChI=1S/C14H19NO2/c1-12(16)17-11-14(7-9-15-10-8-14)13-5-3-2-4-6-13/h2-6,15H,7-11H2,1H3. The number of carbonyl (C=O) groups excluding carboxylic acids is 1. The summed E-state index contributed by atoms with van der Waals surface area (Å²) >= 11 is 0. The summed E-state index contributed by atoms with van der Waals surface area (Å²) in [5, 5.41) is 3.36. The van der Waals surface area contributed by atoms with E-state index in [0.29, 0.717) is 6.61 Å². The molecule has 17 heavy (non-hydrogen) atoms. The molecule has 1 heterocycles. The van der Waals surface area contributed by atoms with Crippen molar-refractivity contribution >= 4 is 5.97 Å². The molecule has 0 bridgehead atoms. The van der Waals surface area contributed by atoms with Gasteiger partial charge in [-0.25, -0.2) is 0 Å². The average molecular weight is 233 g/mol. The van der Waals surface area contributed by atoms with Crippen molar-refractivity contribution < 1.29 is 9.53 Å². The summed E-state index contributed by atoms with van der Waals surface area (Å²) in [6.07, 6.45) is 2.04. The molecule has 0 radical (unpaired) electrons. The molecule has 1 aromatic rings. The van der Waals surface area contributed by atoms with Gasteiger partial charge in [0.15, 0.2) is 0 Å². The Balaban J connectivity index is 2.20. The highest BCUT2D eigenvalue weighted by atomic mass is 16.5. The van der Waals surface area contributed by atoms with E-state index in [2.05, 4.69) is 17.4 Å². The number of hydrogen-bond acceptors (Lipinski definition) is 3. The Kier molecular flexibility index (Phi) is 3.79. The van der Waals surface area contributed by atoms with Crippen LogP contribution in [0.25, 0.3) is 0 Å². The first-order valence-electron chi connectivity index (χ1n) is 6.13. The second kappa shape index (κ2) is 5.32. The van der Waals surface area contributed by atoms with E-state index in [0.717, 1.165) is 25.9 Å². The van der Waals surface area contributed by atoms with E-state index in [1.807, 2.05) is 18.2 Å². The normalized spacial score (nSPS) is 18.6. The summed E-state index contributed by atoms with van der Waals surface area (Å²) < 4.78 is 5.27. The van der Waals surface area contributed by atoms with Crippen LogP contribution < -0.4 is 5.32 Å². The second-order valence-electron chi connectivity index (χ2n) is 4.68. The molecule has 1 aromatic carbocycles. The Morgan fingerprint density at radius 3 is 2.53 bits per heavy atom. The van der Waals surface area contributed by atoms with Crippen LogP contribution in [0.1, 0.15) is 25.3 Å². The molecule has 0 unspecified atom stereocenters. The van der Waals surface area contributed by atoms with Gasteiger partial charge in [0.1, 0.15) is 6.61 Å². The monoisotopic (exact) mass is 233 g/mol. The van der Waals surface area contributed by atoms with E-state index in [-0.39, 0.29) is 11.4 Å². The summed E-state index contributed by atoms with van der Waals surface area (Å²) in [4.78, 5) is 11.0. The van der Waals surface area contributed by atoms with Gasteiger partial charge in [0.2, 0.25) is 0 Å². The van der Waals surface area contributed by atoms with Crippen molar-refractivity contribution in [2.75, 3.05) is 19.7 Å². The van der Waals surface area contributed by atoms with Crippen LogP contribution >= 0.6 is 0 Å². The van der Waals surface area contributed by atoms with Gasteiger partial charge < -0.3 is 10.1 Å². The van der Waals surface area contributed by atoms with E-state index in [1.165, 1.54) is 12.5 Å². The number of piperidine rings is 1. The zero-order valence-electron chi connectivity index (χ0n) is 10.2. The molecule has 2 rings (SSSR count). The summed E-state index contributed by atoms with van der Waals surface area (Å²) in [7, 11) is 0. The maximum Gasteiger partial charge on any atom is 0.302 e. The molecule has 3 heteroatoms. The third-order valence-electron chi connectivity index (χ3n) is 3.50. The second-order valence-corrected chi connectivity index (χ2v) is 4.68. The molecule has 3 nitrogen and oxygen atoms in total. The highest BCUT2D eigenvalue weighted by Crippen LogP contribution is 2.33. The molecule has 0 saturated carbocycles. The number of rotatable bonds is 3. The number of benzene rings is 1. The number of hydrogen-bond donors (Lipinski definition) is 1. The molecule has 1 aliphatic rings. The van der Waals surface area contributed by atoms with Crippen LogP contribution in [0, 0.1) is 0 Å². The van der Waals surface area contributed by atoms with E-state index in [1.54, 1.807) is 0 Å². The molecule has 1 saturated heterocycles. The van der Waals surface area contributed by atoms with Crippen molar-refractivity contribution in [2.24, 2.45) is 0 Å². The lowest BCUT2D eigenvalue weighted by molar-refractivity contribution is -0.143. The molecular formula is C14H19NO2. The van der Waals surface area contributed by atoms with Gasteiger partial charge >= 0.3 is 5.97 Å². The minimum Gasteiger partial charge on any atom is -0.465 e. The number of ether oxygens (including phenoxy) is 1. The molecule has 92 valence electrons. The summed E-state index contributed by atoms with van der Waals surface area (Å²) in [6, 6.07) is 10.4. The van der Waals surface area contributed by atoms with Crippen molar-refractivity contribution in [1.29, 1.82) is 0 Å². The molecule has 0 spiro atoms. The fourth-order valence-corrected chi connectivity index (χ4v) is 2.45. The van der Waals surface area contributed by atoms with E-state index in [4.69, 9.17) is 4.74 Å². The van der Waals surface area contributed by atoms with Gasteiger partial charge in [-0.1, -0.05) is 30.3 Å². The Morgan fingerprint density at radius 2 is 1.94 bits per heavy atom. The molecule has 0 amide bonds. The summed E-state index contributed by atoms with van der Waals surface area (Å²) in [5.74, 6) is -0.196. The topological polar surface area (TPSA) is 38.3 Å². The van der Waals surface area contributed by atoms with E-state index in [9.17, 15) is 4.79 Å². The van der Waals surface area contributed by atoms with Gasteiger partial charge in [0.05, 0.1) is 0 Å². The zero-order chi connectivity index (χ0) is 12.1. The highest BCUT2D eigenvalue weighted by molar-refractivity contribution is 5.66. The van der Waals surface area contributed by atoms with Crippen molar-refractivity contribution in [3.8, 4) is 0 Å². The van der Waals surface area contributed by atoms with Gasteiger partial charge in [-0.2, -0.15) is 0 Å². The lowest BCUT2D eigenvalue weighted by atomic mass is 9.74. The third-order valence-corrected chi connectivity index (χ3v) is 3.50. The average Bonchev–Trinajstić information content (AvgIpc) is 2.39. The van der Waals surface area contributed by atoms with Crippen LogP contribution in [0.5, 0.6) is 0 Å². The van der Waals surface area contributed by atoms with Gasteiger partial charge in [0, 0.05) is 12.3 Å². The molecule has 1 fully saturated rings. The van der Waals surface area contributed by atoms with Crippen molar-refractivity contribution in [2.45, 2.75) is 25.2 Å². The number of carbonyl (C=O) groups is 1. The smallest absolute Gasteiger partial charge is 0.302 e. The maximum absolute atomic E-state index is 11.0. The number of nitrogens with one attached hydrogen (secondary N) is 1. The van der Waals surface area contributed by atoms with Crippen molar-refractivity contribution in [3.63, 3.8) is 0 Å². The van der Waals surface area contributed by atoms with Crippen LogP contribution in [0.3, 0.4) is 0 Å². The minimum atomic E-state index is -0.196. The Morgan fingerprint density at radius 1 is 1.29 bits per heavy atom. The van der Waals surface area contributed by atoms with E-state index >= 15 is 0 Å². The SMILES string of the molecule is CC(=O)OCC1(c2ccccc2)CCNCC1. The molecular weight excluding hydrogens is 214 g/mol. The molecule has 1 aliphatic heterocycles. The first kappa shape index (κ1) is 12.1. The van der Waals surface area contributed by atoms with Crippen molar-refractivity contribution in [1.82, 2.24) is 5.32 Å². The number of esters is 1. The van der Waals surface area contributed by atoms with Crippen LogP contribution in [0.4, 0.5) is 0 Å². The third kappa shape index (κ3) is 2.86. The van der Waals surface area contributed by atoms with Gasteiger partial charge in [-0.05, 0) is 31.5 Å². The fourth-order valence-electron chi connectivity index (χ4n) is 2.45. The first-order valence-corrected chi connectivity index (χ1v) is 6.13. The minimum absolute atomic E-state index is 0.00181.